The average Bonchev–Trinajstić information content (AvgIpc) is 2.15. The number of aromatic nitrogens is 1. The van der Waals surface area contributed by atoms with E-state index in [1.54, 1.807) is 0 Å². The number of carbonyl (C=O) groups excluding carboxylic acids is 1. The molecule has 0 aliphatic carbocycles. The molecule has 92 valence electrons. The number of rotatable bonds is 2. The maximum atomic E-state index is 12.0. The summed E-state index contributed by atoms with van der Waals surface area (Å²) >= 11 is 2.81. The van der Waals surface area contributed by atoms with Gasteiger partial charge in [-0.15, -0.1) is 0 Å². The van der Waals surface area contributed by atoms with Gasteiger partial charge in [0.05, 0.1) is 16.4 Å². The lowest BCUT2D eigenvalue weighted by atomic mass is 10.2. The summed E-state index contributed by atoms with van der Waals surface area (Å²) in [5, 5.41) is 10.2. The molecule has 5 nitrogen and oxygen atoms in total. The molecule has 0 saturated heterocycles. The van der Waals surface area contributed by atoms with E-state index >= 15 is 0 Å². The molecule has 0 unspecified atom stereocenters. The lowest BCUT2D eigenvalue weighted by Gasteiger charge is -2.10. The fourth-order valence-corrected chi connectivity index (χ4v) is 1.44. The third kappa shape index (κ3) is 3.16. The molecule has 0 atom stereocenters. The zero-order valence-corrected chi connectivity index (χ0v) is 9.46. The van der Waals surface area contributed by atoms with Gasteiger partial charge in [0, 0.05) is 6.20 Å². The van der Waals surface area contributed by atoms with Crippen LogP contribution in [0, 0.1) is 0 Å². The minimum atomic E-state index is -5.10. The Labute approximate surface area is 101 Å². The summed E-state index contributed by atoms with van der Waals surface area (Å²) in [4.78, 5) is 24.9. The van der Waals surface area contributed by atoms with Gasteiger partial charge >= 0.3 is 18.1 Å². The fourth-order valence-electron chi connectivity index (χ4n) is 0.940. The van der Waals surface area contributed by atoms with Crippen LogP contribution in [0.25, 0.3) is 0 Å². The van der Waals surface area contributed by atoms with Crippen molar-refractivity contribution >= 4 is 33.5 Å². The van der Waals surface area contributed by atoms with Crippen LogP contribution in [0.3, 0.4) is 0 Å². The van der Waals surface area contributed by atoms with Crippen LogP contribution in [-0.2, 0) is 4.79 Å². The Balaban J connectivity index is 3.12. The third-order valence-corrected chi connectivity index (χ3v) is 2.22. The number of nitrogens with one attached hydrogen (secondary N) is 1. The normalized spacial score (nSPS) is 11.1. The summed E-state index contributed by atoms with van der Waals surface area (Å²) in [7, 11) is 0. The summed E-state index contributed by atoms with van der Waals surface area (Å²) in [6.45, 7) is 0. The number of aromatic carboxylic acids is 1. The van der Waals surface area contributed by atoms with Gasteiger partial charge in [-0.05, 0) is 15.9 Å². The lowest BCUT2D eigenvalue weighted by Crippen LogP contribution is -2.30. The maximum absolute atomic E-state index is 12.0. The highest BCUT2D eigenvalue weighted by Gasteiger charge is 2.39. The minimum Gasteiger partial charge on any atom is -0.478 e. The van der Waals surface area contributed by atoms with Crippen LogP contribution in [0.2, 0.25) is 0 Å². The summed E-state index contributed by atoms with van der Waals surface area (Å²) < 4.78 is 35.9. The van der Waals surface area contributed by atoms with Crippen LogP contribution >= 0.6 is 15.9 Å². The molecule has 2 N–H and O–H groups in total. The van der Waals surface area contributed by atoms with Crippen LogP contribution in [0.15, 0.2) is 16.9 Å². The van der Waals surface area contributed by atoms with Crippen LogP contribution in [0.1, 0.15) is 10.4 Å². The van der Waals surface area contributed by atoms with Crippen molar-refractivity contribution in [1.82, 2.24) is 4.98 Å². The second-order valence-electron chi connectivity index (χ2n) is 2.80. The molecule has 0 aromatic carbocycles. The maximum Gasteiger partial charge on any atom is 0.471 e. The summed E-state index contributed by atoms with van der Waals surface area (Å²) in [6, 6.07) is 0. The summed E-state index contributed by atoms with van der Waals surface area (Å²) in [5.74, 6) is -3.75. The molecule has 9 heteroatoms. The van der Waals surface area contributed by atoms with Crippen molar-refractivity contribution in [3.05, 3.63) is 22.4 Å². The SMILES string of the molecule is O=C(O)c1c(Br)cncc1NC(=O)C(F)(F)F. The van der Waals surface area contributed by atoms with Crippen molar-refractivity contribution in [2.75, 3.05) is 5.32 Å². The van der Waals surface area contributed by atoms with Crippen molar-refractivity contribution in [2.24, 2.45) is 0 Å². The predicted octanol–water partition coefficient (Wildman–Crippen LogP) is 2.04. The Morgan fingerprint density at radius 1 is 1.35 bits per heavy atom. The van der Waals surface area contributed by atoms with Gasteiger partial charge in [-0.1, -0.05) is 0 Å². The van der Waals surface area contributed by atoms with Gasteiger partial charge in [-0.25, -0.2) is 4.79 Å². The molecular formula is C8H4BrF3N2O3. The van der Waals surface area contributed by atoms with Crippen molar-refractivity contribution in [3.63, 3.8) is 0 Å². The van der Waals surface area contributed by atoms with Gasteiger partial charge in [-0.2, -0.15) is 13.2 Å². The van der Waals surface area contributed by atoms with E-state index in [0.717, 1.165) is 12.4 Å². The van der Waals surface area contributed by atoms with Gasteiger partial charge in [-0.3, -0.25) is 9.78 Å². The topological polar surface area (TPSA) is 79.3 Å². The first kappa shape index (κ1) is 13.4. The van der Waals surface area contributed by atoms with E-state index in [4.69, 9.17) is 5.11 Å². The molecule has 0 aliphatic rings. The standard InChI is InChI=1S/C8H4BrF3N2O3/c9-3-1-13-2-4(5(3)6(15)16)14-7(17)8(10,11)12/h1-2H,(H,14,17)(H,15,16). The highest BCUT2D eigenvalue weighted by atomic mass is 79.9. The van der Waals surface area contributed by atoms with Gasteiger partial charge in [0.2, 0.25) is 0 Å². The van der Waals surface area contributed by atoms with E-state index in [9.17, 15) is 22.8 Å². The highest BCUT2D eigenvalue weighted by Crippen LogP contribution is 2.25. The molecule has 17 heavy (non-hydrogen) atoms. The van der Waals surface area contributed by atoms with Crippen LogP contribution < -0.4 is 5.32 Å². The molecular weight excluding hydrogens is 309 g/mol. The molecule has 0 fully saturated rings. The Hall–Kier alpha value is -1.64. The molecule has 1 aromatic rings. The second kappa shape index (κ2) is 4.70. The molecule has 0 aliphatic heterocycles. The number of pyridine rings is 1. The smallest absolute Gasteiger partial charge is 0.471 e. The molecule has 1 rings (SSSR count). The van der Waals surface area contributed by atoms with Crippen molar-refractivity contribution in [1.29, 1.82) is 0 Å². The molecule has 1 aromatic heterocycles. The van der Waals surface area contributed by atoms with Gasteiger partial charge in [0.25, 0.3) is 0 Å². The third-order valence-electron chi connectivity index (χ3n) is 1.62. The van der Waals surface area contributed by atoms with E-state index in [1.165, 1.54) is 5.32 Å². The van der Waals surface area contributed by atoms with Gasteiger partial charge < -0.3 is 10.4 Å². The molecule has 0 saturated carbocycles. The number of hydrogen-bond donors (Lipinski definition) is 2. The first-order valence-corrected chi connectivity index (χ1v) is 4.77. The minimum absolute atomic E-state index is 0.0371. The monoisotopic (exact) mass is 312 g/mol. The van der Waals surface area contributed by atoms with Crippen LogP contribution in [-0.4, -0.2) is 28.1 Å². The Kier molecular flexibility index (Phi) is 3.71. The van der Waals surface area contributed by atoms with E-state index in [0.29, 0.717) is 0 Å². The van der Waals surface area contributed by atoms with Crippen molar-refractivity contribution in [3.8, 4) is 0 Å². The van der Waals surface area contributed by atoms with Crippen molar-refractivity contribution < 1.29 is 27.9 Å². The first-order valence-electron chi connectivity index (χ1n) is 3.98. The van der Waals surface area contributed by atoms with E-state index < -0.39 is 29.3 Å². The van der Waals surface area contributed by atoms with E-state index in [-0.39, 0.29) is 4.47 Å². The molecule has 1 heterocycles. The van der Waals surface area contributed by atoms with Crippen LogP contribution in [0.5, 0.6) is 0 Å². The quantitative estimate of drug-likeness (QED) is 0.876. The Morgan fingerprint density at radius 2 is 1.94 bits per heavy atom. The Bertz CT molecular complexity index is 476. The number of alkyl halides is 3. The fraction of sp³-hybridized carbons (Fsp3) is 0.125. The molecule has 1 amide bonds. The lowest BCUT2D eigenvalue weighted by molar-refractivity contribution is -0.167. The molecule has 0 bridgehead atoms. The van der Waals surface area contributed by atoms with Gasteiger partial charge in [0.1, 0.15) is 5.56 Å². The number of hydrogen-bond acceptors (Lipinski definition) is 3. The first-order chi connectivity index (χ1) is 7.73. The summed E-state index contributed by atoms with van der Waals surface area (Å²) in [6.07, 6.45) is -3.19. The second-order valence-corrected chi connectivity index (χ2v) is 3.66. The van der Waals surface area contributed by atoms with E-state index in [2.05, 4.69) is 20.9 Å². The Morgan fingerprint density at radius 3 is 2.41 bits per heavy atom. The van der Waals surface area contributed by atoms with Crippen molar-refractivity contribution in [2.45, 2.75) is 6.18 Å². The summed E-state index contributed by atoms with van der Waals surface area (Å²) in [5.41, 5.74) is -1.04. The number of carboxylic acid groups (broad SMARTS) is 1. The van der Waals surface area contributed by atoms with Gasteiger partial charge in [0.15, 0.2) is 0 Å². The molecule has 0 spiro atoms. The number of carboxylic acids is 1. The zero-order chi connectivity index (χ0) is 13.2. The number of anilines is 1. The number of halogens is 4. The molecule has 0 radical (unpaired) electrons. The largest absolute Gasteiger partial charge is 0.478 e. The highest BCUT2D eigenvalue weighted by molar-refractivity contribution is 9.10. The number of carbonyl (C=O) groups is 2. The van der Waals surface area contributed by atoms with Crippen LogP contribution in [0.4, 0.5) is 18.9 Å². The average molecular weight is 313 g/mol. The number of amides is 1. The zero-order valence-electron chi connectivity index (χ0n) is 7.88. The van der Waals surface area contributed by atoms with E-state index in [1.807, 2.05) is 0 Å². The predicted molar refractivity (Wildman–Crippen MR) is 53.6 cm³/mol. The number of nitrogens with zero attached hydrogens (tertiary/aromatic N) is 1.